The Kier molecular flexibility index (Phi) is 2.52. The smallest absolute Gasteiger partial charge is 0.224 e. The summed E-state index contributed by atoms with van der Waals surface area (Å²) in [6, 6.07) is 3.57. The third-order valence-electron chi connectivity index (χ3n) is 2.87. The zero-order valence-corrected chi connectivity index (χ0v) is 9.06. The second kappa shape index (κ2) is 3.70. The molecule has 82 valence electrons. The maximum Gasteiger partial charge on any atom is 0.224 e. The van der Waals surface area contributed by atoms with Crippen molar-refractivity contribution < 1.29 is 9.21 Å². The van der Waals surface area contributed by atoms with E-state index in [0.717, 1.165) is 11.5 Å². The number of hydrogen-bond acceptors (Lipinski definition) is 3. The molecule has 15 heavy (non-hydrogen) atoms. The average Bonchev–Trinajstić information content (AvgIpc) is 2.70. The number of hydrogen-bond donors (Lipinski definition) is 1. The van der Waals surface area contributed by atoms with Crippen LogP contribution < -0.4 is 5.73 Å². The molecule has 1 aliphatic rings. The second-order valence-electron chi connectivity index (χ2n) is 3.94. The summed E-state index contributed by atoms with van der Waals surface area (Å²) in [5, 5.41) is 0. The lowest BCUT2D eigenvalue weighted by Crippen LogP contribution is -2.32. The zero-order chi connectivity index (χ0) is 11.0. The monoisotopic (exact) mass is 208 g/mol. The summed E-state index contributed by atoms with van der Waals surface area (Å²) >= 11 is 0. The van der Waals surface area contributed by atoms with Gasteiger partial charge in [-0.2, -0.15) is 0 Å². The van der Waals surface area contributed by atoms with Gasteiger partial charge in [-0.05, 0) is 26.0 Å². The Labute approximate surface area is 89.0 Å². The number of likely N-dealkylation sites (tertiary alicyclic amines) is 1. The number of likely N-dealkylation sites (N-methyl/N-ethyl adjacent to an activating group) is 1. The molecule has 1 saturated heterocycles. The summed E-state index contributed by atoms with van der Waals surface area (Å²) < 4.78 is 5.54. The van der Waals surface area contributed by atoms with E-state index in [-0.39, 0.29) is 18.0 Å². The number of carbonyl (C=O) groups is 1. The maximum absolute atomic E-state index is 11.6. The van der Waals surface area contributed by atoms with Crippen molar-refractivity contribution in [3.8, 4) is 0 Å². The molecule has 0 aromatic carbocycles. The van der Waals surface area contributed by atoms with Gasteiger partial charge in [0.15, 0.2) is 0 Å². The van der Waals surface area contributed by atoms with E-state index in [9.17, 15) is 4.79 Å². The highest BCUT2D eigenvalue weighted by Crippen LogP contribution is 2.32. The van der Waals surface area contributed by atoms with Crippen molar-refractivity contribution in [3.05, 3.63) is 23.7 Å². The third-order valence-corrected chi connectivity index (χ3v) is 2.87. The van der Waals surface area contributed by atoms with Gasteiger partial charge in [0.1, 0.15) is 17.6 Å². The minimum atomic E-state index is -0.150. The molecule has 0 bridgehead atoms. The predicted molar refractivity (Wildman–Crippen MR) is 56.2 cm³/mol. The standard InChI is InChI=1S/C11H16N2O2/c1-3-13-10(14)6-8(12)11(13)9-5-4-7(2)15-9/h4-5,8,11H,3,6,12H2,1-2H3/t8-,11-/m0/s1. The number of amides is 1. The first-order valence-electron chi connectivity index (χ1n) is 5.25. The fourth-order valence-electron chi connectivity index (χ4n) is 2.17. The van der Waals surface area contributed by atoms with Gasteiger partial charge >= 0.3 is 0 Å². The van der Waals surface area contributed by atoms with E-state index >= 15 is 0 Å². The number of carbonyl (C=O) groups excluding carboxylic acids is 1. The number of nitrogens with zero attached hydrogens (tertiary/aromatic N) is 1. The van der Waals surface area contributed by atoms with Gasteiger partial charge in [-0.3, -0.25) is 4.79 Å². The number of aryl methyl sites for hydroxylation is 1. The molecule has 2 heterocycles. The molecule has 1 aromatic heterocycles. The third kappa shape index (κ3) is 1.65. The minimum Gasteiger partial charge on any atom is -0.464 e. The lowest BCUT2D eigenvalue weighted by Gasteiger charge is -2.23. The van der Waals surface area contributed by atoms with Gasteiger partial charge in [0, 0.05) is 19.0 Å². The van der Waals surface area contributed by atoms with E-state index in [0.29, 0.717) is 13.0 Å². The van der Waals surface area contributed by atoms with Gasteiger partial charge < -0.3 is 15.1 Å². The first-order valence-corrected chi connectivity index (χ1v) is 5.25. The molecule has 0 aliphatic carbocycles. The highest BCUT2D eigenvalue weighted by Gasteiger charge is 2.39. The first kappa shape index (κ1) is 10.2. The van der Waals surface area contributed by atoms with Gasteiger partial charge in [0.2, 0.25) is 5.91 Å². The van der Waals surface area contributed by atoms with Crippen LogP contribution in [0.15, 0.2) is 16.5 Å². The SMILES string of the molecule is CCN1C(=O)C[C@H](N)[C@H]1c1ccc(C)o1. The van der Waals surface area contributed by atoms with Crippen LogP contribution in [0.4, 0.5) is 0 Å². The Morgan fingerprint density at radius 2 is 2.33 bits per heavy atom. The molecule has 1 fully saturated rings. The highest BCUT2D eigenvalue weighted by atomic mass is 16.3. The van der Waals surface area contributed by atoms with Crippen molar-refractivity contribution >= 4 is 5.91 Å². The average molecular weight is 208 g/mol. The molecule has 1 amide bonds. The normalized spacial score (nSPS) is 26.3. The van der Waals surface area contributed by atoms with Crippen LogP contribution in [0, 0.1) is 6.92 Å². The summed E-state index contributed by atoms with van der Waals surface area (Å²) in [4.78, 5) is 13.4. The van der Waals surface area contributed by atoms with Gasteiger partial charge in [0.05, 0.1) is 0 Å². The van der Waals surface area contributed by atoms with E-state index < -0.39 is 0 Å². The summed E-state index contributed by atoms with van der Waals surface area (Å²) in [5.74, 6) is 1.77. The molecule has 2 rings (SSSR count). The van der Waals surface area contributed by atoms with Crippen LogP contribution >= 0.6 is 0 Å². The lowest BCUT2D eigenvalue weighted by atomic mass is 10.1. The molecule has 0 unspecified atom stereocenters. The van der Waals surface area contributed by atoms with Crippen LogP contribution in [0.1, 0.15) is 30.9 Å². The van der Waals surface area contributed by atoms with Crippen molar-refractivity contribution in [2.24, 2.45) is 5.73 Å². The molecule has 1 aliphatic heterocycles. The molecule has 0 spiro atoms. The van der Waals surface area contributed by atoms with Crippen molar-refractivity contribution in [3.63, 3.8) is 0 Å². The maximum atomic E-state index is 11.6. The quantitative estimate of drug-likeness (QED) is 0.794. The van der Waals surface area contributed by atoms with E-state index in [2.05, 4.69) is 0 Å². The Bertz CT molecular complexity index is 372. The van der Waals surface area contributed by atoms with E-state index in [4.69, 9.17) is 10.2 Å². The summed E-state index contributed by atoms with van der Waals surface area (Å²) in [5.41, 5.74) is 5.95. The molecule has 4 nitrogen and oxygen atoms in total. The molecule has 2 N–H and O–H groups in total. The molecule has 2 atom stereocenters. The molecule has 1 aromatic rings. The fraction of sp³-hybridized carbons (Fsp3) is 0.545. The Morgan fingerprint density at radius 1 is 1.60 bits per heavy atom. The van der Waals surface area contributed by atoms with Crippen LogP contribution in [0.25, 0.3) is 0 Å². The number of nitrogens with two attached hydrogens (primary N) is 1. The van der Waals surface area contributed by atoms with Crippen LogP contribution in [-0.4, -0.2) is 23.4 Å². The van der Waals surface area contributed by atoms with E-state index in [1.54, 1.807) is 4.90 Å². The lowest BCUT2D eigenvalue weighted by molar-refractivity contribution is -0.129. The van der Waals surface area contributed by atoms with Gasteiger partial charge in [0.25, 0.3) is 0 Å². The first-order chi connectivity index (χ1) is 7.13. The molecular formula is C11H16N2O2. The minimum absolute atomic E-state index is 0.0869. The number of furan rings is 1. The molecular weight excluding hydrogens is 192 g/mol. The molecule has 0 radical (unpaired) electrons. The van der Waals surface area contributed by atoms with Gasteiger partial charge in [-0.25, -0.2) is 0 Å². The summed E-state index contributed by atoms with van der Waals surface area (Å²) in [6.45, 7) is 4.53. The van der Waals surface area contributed by atoms with E-state index in [1.807, 2.05) is 26.0 Å². The summed E-state index contributed by atoms with van der Waals surface area (Å²) in [6.07, 6.45) is 0.415. The van der Waals surface area contributed by atoms with E-state index in [1.165, 1.54) is 0 Å². The van der Waals surface area contributed by atoms with Crippen molar-refractivity contribution in [1.82, 2.24) is 4.90 Å². The molecule has 4 heteroatoms. The fourth-order valence-corrected chi connectivity index (χ4v) is 2.17. The van der Waals surface area contributed by atoms with Crippen molar-refractivity contribution in [2.45, 2.75) is 32.4 Å². The predicted octanol–water partition coefficient (Wildman–Crippen LogP) is 1.21. The Balaban J connectivity index is 2.30. The summed E-state index contributed by atoms with van der Waals surface area (Å²) in [7, 11) is 0. The van der Waals surface area contributed by atoms with Crippen LogP contribution in [-0.2, 0) is 4.79 Å². The molecule has 0 saturated carbocycles. The Morgan fingerprint density at radius 3 is 2.87 bits per heavy atom. The van der Waals surface area contributed by atoms with Crippen LogP contribution in [0.3, 0.4) is 0 Å². The largest absolute Gasteiger partial charge is 0.464 e. The number of rotatable bonds is 2. The van der Waals surface area contributed by atoms with Gasteiger partial charge in [-0.1, -0.05) is 0 Å². The van der Waals surface area contributed by atoms with Crippen LogP contribution in [0.5, 0.6) is 0 Å². The van der Waals surface area contributed by atoms with Crippen molar-refractivity contribution in [2.75, 3.05) is 6.54 Å². The topological polar surface area (TPSA) is 59.5 Å². The van der Waals surface area contributed by atoms with Gasteiger partial charge in [-0.15, -0.1) is 0 Å². The Hall–Kier alpha value is -1.29. The highest BCUT2D eigenvalue weighted by molar-refractivity contribution is 5.80. The van der Waals surface area contributed by atoms with Crippen molar-refractivity contribution in [1.29, 1.82) is 0 Å². The van der Waals surface area contributed by atoms with Crippen LogP contribution in [0.2, 0.25) is 0 Å². The zero-order valence-electron chi connectivity index (χ0n) is 9.06. The second-order valence-corrected chi connectivity index (χ2v) is 3.94.